The number of hydrogen-bond donors (Lipinski definition) is 0. The van der Waals surface area contributed by atoms with Crippen LogP contribution in [0.1, 0.15) is 16.7 Å². The van der Waals surface area contributed by atoms with Crippen LogP contribution in [0.4, 0.5) is 10.2 Å². The molecular weight excluding hydrogens is 407 g/mol. The molecule has 164 valence electrons. The van der Waals surface area contributed by atoms with E-state index in [0.29, 0.717) is 11.4 Å². The molecule has 0 amide bonds. The van der Waals surface area contributed by atoms with Gasteiger partial charge in [0.05, 0.1) is 18.7 Å². The SMILES string of the molecule is COc1cccc(CN2CCN(c3cccc(OCc4ccc(C#N)cc4F)n3)CC2)c1. The number of rotatable bonds is 7. The Morgan fingerprint density at radius 2 is 1.84 bits per heavy atom. The van der Waals surface area contributed by atoms with Crippen molar-refractivity contribution in [3.63, 3.8) is 0 Å². The molecule has 1 saturated heterocycles. The molecule has 3 aromatic rings. The molecule has 0 spiro atoms. The average molecular weight is 432 g/mol. The zero-order chi connectivity index (χ0) is 22.3. The monoisotopic (exact) mass is 432 g/mol. The summed E-state index contributed by atoms with van der Waals surface area (Å²) in [5.74, 6) is 1.73. The number of aromatic nitrogens is 1. The third kappa shape index (κ3) is 5.34. The summed E-state index contributed by atoms with van der Waals surface area (Å²) in [5, 5.41) is 8.86. The molecule has 4 rings (SSSR count). The highest BCUT2D eigenvalue weighted by molar-refractivity contribution is 5.41. The Kier molecular flexibility index (Phi) is 6.83. The Hall–Kier alpha value is -3.63. The van der Waals surface area contributed by atoms with Gasteiger partial charge in [0.15, 0.2) is 0 Å². The van der Waals surface area contributed by atoms with Crippen LogP contribution in [-0.4, -0.2) is 43.2 Å². The van der Waals surface area contributed by atoms with Crippen LogP contribution in [0.3, 0.4) is 0 Å². The number of ether oxygens (including phenoxy) is 2. The second-order valence-electron chi connectivity index (χ2n) is 7.66. The zero-order valence-electron chi connectivity index (χ0n) is 18.0. The highest BCUT2D eigenvalue weighted by atomic mass is 19.1. The summed E-state index contributed by atoms with van der Waals surface area (Å²) in [5.41, 5.74) is 1.92. The maximum absolute atomic E-state index is 14.1. The molecule has 32 heavy (non-hydrogen) atoms. The molecule has 0 saturated carbocycles. The lowest BCUT2D eigenvalue weighted by atomic mass is 10.1. The molecule has 2 heterocycles. The van der Waals surface area contributed by atoms with Crippen molar-refractivity contribution in [2.24, 2.45) is 0 Å². The van der Waals surface area contributed by atoms with Gasteiger partial charge < -0.3 is 14.4 Å². The molecule has 0 unspecified atom stereocenters. The van der Waals surface area contributed by atoms with Crippen LogP contribution in [0.2, 0.25) is 0 Å². The molecule has 2 aromatic carbocycles. The highest BCUT2D eigenvalue weighted by Crippen LogP contribution is 2.21. The lowest BCUT2D eigenvalue weighted by Gasteiger charge is -2.35. The maximum atomic E-state index is 14.1. The van der Waals surface area contributed by atoms with Crippen LogP contribution in [0, 0.1) is 17.1 Å². The fourth-order valence-corrected chi connectivity index (χ4v) is 3.71. The first-order valence-corrected chi connectivity index (χ1v) is 10.5. The number of benzene rings is 2. The Balaban J connectivity index is 1.32. The van der Waals surface area contributed by atoms with Crippen LogP contribution in [0.15, 0.2) is 60.7 Å². The van der Waals surface area contributed by atoms with Crippen LogP contribution < -0.4 is 14.4 Å². The van der Waals surface area contributed by atoms with Gasteiger partial charge in [0.2, 0.25) is 5.88 Å². The third-order valence-corrected chi connectivity index (χ3v) is 5.50. The number of hydrogen-bond acceptors (Lipinski definition) is 6. The van der Waals surface area contributed by atoms with Crippen molar-refractivity contribution < 1.29 is 13.9 Å². The summed E-state index contributed by atoms with van der Waals surface area (Å²) < 4.78 is 25.1. The van der Waals surface area contributed by atoms with Crippen molar-refractivity contribution in [2.45, 2.75) is 13.2 Å². The largest absolute Gasteiger partial charge is 0.497 e. The van der Waals surface area contributed by atoms with Gasteiger partial charge in [-0.25, -0.2) is 4.39 Å². The van der Waals surface area contributed by atoms with E-state index in [1.54, 1.807) is 25.3 Å². The number of anilines is 1. The molecule has 1 aliphatic heterocycles. The highest BCUT2D eigenvalue weighted by Gasteiger charge is 2.19. The predicted molar refractivity (Wildman–Crippen MR) is 120 cm³/mol. The number of piperazine rings is 1. The molecule has 6 nitrogen and oxygen atoms in total. The van der Waals surface area contributed by atoms with E-state index in [1.165, 1.54) is 11.6 Å². The molecule has 0 radical (unpaired) electrons. The lowest BCUT2D eigenvalue weighted by molar-refractivity contribution is 0.248. The summed E-state index contributed by atoms with van der Waals surface area (Å²) >= 11 is 0. The number of methoxy groups -OCH3 is 1. The first-order valence-electron chi connectivity index (χ1n) is 10.5. The van der Waals surface area contributed by atoms with Gasteiger partial charge in [0, 0.05) is 44.4 Å². The second kappa shape index (κ2) is 10.1. The van der Waals surface area contributed by atoms with E-state index in [-0.39, 0.29) is 12.2 Å². The molecule has 0 bridgehead atoms. The van der Waals surface area contributed by atoms with Crippen molar-refractivity contribution in [2.75, 3.05) is 38.2 Å². The van der Waals surface area contributed by atoms with Crippen LogP contribution in [-0.2, 0) is 13.2 Å². The van der Waals surface area contributed by atoms with Gasteiger partial charge in [-0.1, -0.05) is 24.3 Å². The van der Waals surface area contributed by atoms with Gasteiger partial charge in [-0.05, 0) is 35.9 Å². The minimum absolute atomic E-state index is 0.0578. The first kappa shape index (κ1) is 21.6. The Bertz CT molecular complexity index is 1110. The van der Waals surface area contributed by atoms with Gasteiger partial charge in [-0.15, -0.1) is 0 Å². The molecule has 1 aliphatic rings. The van der Waals surface area contributed by atoms with Gasteiger partial charge in [0.1, 0.15) is 24.0 Å². The Morgan fingerprint density at radius 1 is 1.03 bits per heavy atom. The molecule has 0 aliphatic carbocycles. The minimum Gasteiger partial charge on any atom is -0.497 e. The van der Waals surface area contributed by atoms with Crippen molar-refractivity contribution in [3.05, 3.63) is 83.2 Å². The summed E-state index contributed by atoms with van der Waals surface area (Å²) in [6.45, 7) is 4.54. The van der Waals surface area contributed by atoms with Gasteiger partial charge in [0.25, 0.3) is 0 Å². The fourth-order valence-electron chi connectivity index (χ4n) is 3.71. The van der Waals surface area contributed by atoms with E-state index >= 15 is 0 Å². The van der Waals surface area contributed by atoms with E-state index in [4.69, 9.17) is 14.7 Å². The molecule has 0 N–H and O–H groups in total. The van der Waals surface area contributed by atoms with Crippen LogP contribution in [0.5, 0.6) is 11.6 Å². The van der Waals surface area contributed by atoms with Gasteiger partial charge >= 0.3 is 0 Å². The zero-order valence-corrected chi connectivity index (χ0v) is 18.0. The smallest absolute Gasteiger partial charge is 0.215 e. The lowest BCUT2D eigenvalue weighted by Crippen LogP contribution is -2.46. The molecular formula is C25H25FN4O2. The second-order valence-corrected chi connectivity index (χ2v) is 7.66. The number of nitriles is 1. The standard InChI is InChI=1S/C25H25FN4O2/c1-31-22-5-2-4-20(14-22)17-29-10-12-30(13-11-29)24-6-3-7-25(28-24)32-18-21-9-8-19(16-27)15-23(21)26/h2-9,14-15H,10-13,17-18H2,1H3. The van der Waals surface area contributed by atoms with Crippen molar-refractivity contribution in [1.29, 1.82) is 5.26 Å². The van der Waals surface area contributed by atoms with Crippen molar-refractivity contribution in [3.8, 4) is 17.7 Å². The van der Waals surface area contributed by atoms with Gasteiger partial charge in [-0.3, -0.25) is 4.90 Å². The van der Waals surface area contributed by atoms with Crippen LogP contribution in [0.25, 0.3) is 0 Å². The normalized spacial score (nSPS) is 14.1. The van der Waals surface area contributed by atoms with E-state index in [0.717, 1.165) is 44.3 Å². The van der Waals surface area contributed by atoms with Crippen LogP contribution >= 0.6 is 0 Å². The quantitative estimate of drug-likeness (QED) is 0.562. The Morgan fingerprint density at radius 3 is 2.59 bits per heavy atom. The molecule has 7 heteroatoms. The predicted octanol–water partition coefficient (Wildman–Crippen LogP) is 4.00. The van der Waals surface area contributed by atoms with Gasteiger partial charge in [-0.2, -0.15) is 10.2 Å². The minimum atomic E-state index is -0.452. The van der Waals surface area contributed by atoms with Crippen molar-refractivity contribution >= 4 is 5.82 Å². The van der Waals surface area contributed by atoms with E-state index in [9.17, 15) is 4.39 Å². The summed E-state index contributed by atoms with van der Waals surface area (Å²) in [6, 6.07) is 20.1. The van der Waals surface area contributed by atoms with E-state index in [2.05, 4.69) is 26.9 Å². The Labute approximate surface area is 187 Å². The third-order valence-electron chi connectivity index (χ3n) is 5.50. The molecule has 1 fully saturated rings. The summed E-state index contributed by atoms with van der Waals surface area (Å²) in [7, 11) is 1.68. The van der Waals surface area contributed by atoms with E-state index in [1.807, 2.05) is 30.3 Å². The molecule has 0 atom stereocenters. The number of pyridine rings is 1. The summed E-state index contributed by atoms with van der Waals surface area (Å²) in [6.07, 6.45) is 0. The topological polar surface area (TPSA) is 61.6 Å². The first-order chi connectivity index (χ1) is 15.6. The van der Waals surface area contributed by atoms with E-state index < -0.39 is 5.82 Å². The molecule has 1 aromatic heterocycles. The number of halogens is 1. The van der Waals surface area contributed by atoms with Crippen molar-refractivity contribution in [1.82, 2.24) is 9.88 Å². The summed E-state index contributed by atoms with van der Waals surface area (Å²) in [4.78, 5) is 9.25. The fraction of sp³-hybridized carbons (Fsp3) is 0.280. The maximum Gasteiger partial charge on any atom is 0.215 e. The number of nitrogens with zero attached hydrogens (tertiary/aromatic N) is 4. The average Bonchev–Trinajstić information content (AvgIpc) is 2.84.